The molecular weight excluding hydrogens is 735 g/mol. The van der Waals surface area contributed by atoms with E-state index < -0.39 is 0 Å². The van der Waals surface area contributed by atoms with Gasteiger partial charge >= 0.3 is 0 Å². The Bertz CT molecular complexity index is 3620. The fraction of sp³-hybridized carbons (Fsp3) is 0. The molecule has 1 heteroatoms. The first-order valence-electron chi connectivity index (χ1n) is 21.2. The SMILES string of the molecule is c1ccc(-n2c3ccc(-c4ccc(-c5cccc6ccccc56)c5ccccc45)c4ccc5c(-c6ccc(-c7cccc8ccccc78)c7ccccc67)ccc2c5c43)cc1. The van der Waals surface area contributed by atoms with Gasteiger partial charge in [-0.3, -0.25) is 0 Å². The Morgan fingerprint density at radius 2 is 0.508 bits per heavy atom. The van der Waals surface area contributed by atoms with Crippen molar-refractivity contribution < 1.29 is 0 Å². The van der Waals surface area contributed by atoms with E-state index >= 15 is 0 Å². The van der Waals surface area contributed by atoms with Gasteiger partial charge in [0.1, 0.15) is 0 Å². The molecule has 13 rings (SSSR count). The standard InChI is InChI=1S/C60H37N/c1-2-18-40(19-3-1)61-57-36-34-53(51-30-28-49(45-22-8-10-24-47(45)51)43-26-12-16-38-14-4-6-20-41(38)43)55-32-33-56-54(35-37-58(61)60(56)59(55)57)52-31-29-50(46-23-9-11-25-48(46)52)44-27-13-17-39-15-5-7-21-42(39)44/h1-37H. The topological polar surface area (TPSA) is 4.93 Å². The van der Waals surface area contributed by atoms with E-state index in [1.807, 2.05) is 0 Å². The van der Waals surface area contributed by atoms with Crippen LogP contribution in [0.5, 0.6) is 0 Å². The highest BCUT2D eigenvalue weighted by Crippen LogP contribution is 2.48. The molecule has 0 N–H and O–H groups in total. The minimum Gasteiger partial charge on any atom is -0.309 e. The van der Waals surface area contributed by atoms with Gasteiger partial charge in [0.25, 0.3) is 0 Å². The van der Waals surface area contributed by atoms with E-state index in [0.29, 0.717) is 0 Å². The molecule has 12 aromatic carbocycles. The molecule has 0 atom stereocenters. The maximum absolute atomic E-state index is 2.46. The second kappa shape index (κ2) is 13.3. The lowest BCUT2D eigenvalue weighted by molar-refractivity contribution is 1.18. The first kappa shape index (κ1) is 33.9. The summed E-state index contributed by atoms with van der Waals surface area (Å²) in [5, 5.41) is 15.2. The van der Waals surface area contributed by atoms with Crippen LogP contribution in [0.1, 0.15) is 0 Å². The Morgan fingerprint density at radius 1 is 0.197 bits per heavy atom. The molecule has 1 nitrogen and oxygen atoms in total. The van der Waals surface area contributed by atoms with Crippen LogP contribution in [0.25, 0.3) is 126 Å². The number of hydrogen-bond acceptors (Lipinski definition) is 0. The van der Waals surface area contributed by atoms with Gasteiger partial charge in [-0.05, 0) is 123 Å². The number of rotatable bonds is 5. The van der Waals surface area contributed by atoms with Gasteiger partial charge in [0, 0.05) is 16.5 Å². The largest absolute Gasteiger partial charge is 0.309 e. The fourth-order valence-corrected chi connectivity index (χ4v) is 10.5. The minimum atomic E-state index is 1.16. The van der Waals surface area contributed by atoms with Crippen molar-refractivity contribution in [3.8, 4) is 50.2 Å². The van der Waals surface area contributed by atoms with Crippen LogP contribution in [-0.2, 0) is 0 Å². The Kier molecular flexibility index (Phi) is 7.37. The minimum absolute atomic E-state index is 1.16. The molecule has 0 aliphatic carbocycles. The van der Waals surface area contributed by atoms with E-state index in [0.717, 1.165) is 5.69 Å². The van der Waals surface area contributed by atoms with E-state index in [-0.39, 0.29) is 0 Å². The van der Waals surface area contributed by atoms with Crippen LogP contribution in [0.2, 0.25) is 0 Å². The number of para-hydroxylation sites is 1. The van der Waals surface area contributed by atoms with Crippen molar-refractivity contribution in [2.24, 2.45) is 0 Å². The van der Waals surface area contributed by atoms with Crippen molar-refractivity contribution in [3.05, 3.63) is 224 Å². The maximum atomic E-state index is 2.46. The van der Waals surface area contributed by atoms with Crippen LogP contribution in [0.3, 0.4) is 0 Å². The fourth-order valence-electron chi connectivity index (χ4n) is 10.5. The third kappa shape index (κ3) is 5.02. The number of aromatic nitrogens is 1. The number of hydrogen-bond donors (Lipinski definition) is 0. The van der Waals surface area contributed by atoms with Crippen molar-refractivity contribution in [3.63, 3.8) is 0 Å². The lowest BCUT2D eigenvalue weighted by Crippen LogP contribution is -1.93. The first-order valence-corrected chi connectivity index (χ1v) is 21.2. The van der Waals surface area contributed by atoms with Gasteiger partial charge < -0.3 is 4.57 Å². The Labute approximate surface area is 353 Å². The molecule has 61 heavy (non-hydrogen) atoms. The normalized spacial score (nSPS) is 11.9. The average molecular weight is 772 g/mol. The third-order valence-corrected chi connectivity index (χ3v) is 13.2. The summed E-state index contributed by atoms with van der Waals surface area (Å²) < 4.78 is 2.46. The monoisotopic (exact) mass is 771 g/mol. The Balaban J connectivity index is 1.06. The summed E-state index contributed by atoms with van der Waals surface area (Å²) in [6.45, 7) is 0. The Hall–Kier alpha value is -8.00. The number of fused-ring (bicyclic) bond motifs is 4. The summed E-state index contributed by atoms with van der Waals surface area (Å²) in [7, 11) is 0. The molecule has 0 aliphatic rings. The van der Waals surface area contributed by atoms with Crippen molar-refractivity contribution in [1.29, 1.82) is 0 Å². The quantitative estimate of drug-likeness (QED) is 0.154. The lowest BCUT2D eigenvalue weighted by Gasteiger charge is -2.17. The summed E-state index contributed by atoms with van der Waals surface area (Å²) in [5.74, 6) is 0. The van der Waals surface area contributed by atoms with Crippen LogP contribution in [0.4, 0.5) is 0 Å². The van der Waals surface area contributed by atoms with Crippen molar-refractivity contribution >= 4 is 75.7 Å². The van der Waals surface area contributed by atoms with Crippen molar-refractivity contribution in [2.75, 3.05) is 0 Å². The molecule has 0 saturated heterocycles. The molecule has 13 aromatic rings. The van der Waals surface area contributed by atoms with Gasteiger partial charge in [-0.1, -0.05) is 200 Å². The molecule has 282 valence electrons. The third-order valence-electron chi connectivity index (χ3n) is 13.2. The second-order valence-corrected chi connectivity index (χ2v) is 16.3. The molecule has 1 heterocycles. The summed E-state index contributed by atoms with van der Waals surface area (Å²) in [4.78, 5) is 0. The van der Waals surface area contributed by atoms with Gasteiger partial charge in [0.15, 0.2) is 0 Å². The van der Waals surface area contributed by atoms with Gasteiger partial charge in [0.05, 0.1) is 11.0 Å². The van der Waals surface area contributed by atoms with E-state index in [2.05, 4.69) is 229 Å². The van der Waals surface area contributed by atoms with E-state index in [1.165, 1.54) is 120 Å². The highest BCUT2D eigenvalue weighted by atomic mass is 15.0. The zero-order chi connectivity index (χ0) is 40.0. The molecule has 1 aromatic heterocycles. The number of benzene rings is 12. The molecular formula is C60H37N. The summed E-state index contributed by atoms with van der Waals surface area (Å²) in [5.41, 5.74) is 13.6. The van der Waals surface area contributed by atoms with Crippen LogP contribution >= 0.6 is 0 Å². The smallest absolute Gasteiger partial charge is 0.0547 e. The summed E-state index contributed by atoms with van der Waals surface area (Å²) >= 11 is 0. The molecule has 0 unspecified atom stereocenters. The van der Waals surface area contributed by atoms with Crippen molar-refractivity contribution in [2.45, 2.75) is 0 Å². The molecule has 0 fully saturated rings. The van der Waals surface area contributed by atoms with Gasteiger partial charge in [-0.2, -0.15) is 0 Å². The average Bonchev–Trinajstić information content (AvgIpc) is 3.68. The second-order valence-electron chi connectivity index (χ2n) is 16.3. The molecule has 0 aliphatic heterocycles. The van der Waals surface area contributed by atoms with Gasteiger partial charge in [-0.15, -0.1) is 0 Å². The predicted octanol–water partition coefficient (Wildman–Crippen LogP) is 16.7. The number of nitrogens with zero attached hydrogens (tertiary/aromatic N) is 1. The van der Waals surface area contributed by atoms with Gasteiger partial charge in [0.2, 0.25) is 0 Å². The summed E-state index contributed by atoms with van der Waals surface area (Å²) in [6, 6.07) is 83.0. The van der Waals surface area contributed by atoms with E-state index in [4.69, 9.17) is 0 Å². The van der Waals surface area contributed by atoms with E-state index in [9.17, 15) is 0 Å². The van der Waals surface area contributed by atoms with Crippen LogP contribution in [0, 0.1) is 0 Å². The zero-order valence-corrected chi connectivity index (χ0v) is 33.3. The van der Waals surface area contributed by atoms with Crippen LogP contribution in [0.15, 0.2) is 224 Å². The summed E-state index contributed by atoms with van der Waals surface area (Å²) in [6.07, 6.45) is 0. The highest BCUT2D eigenvalue weighted by molar-refractivity contribution is 6.30. The molecule has 0 radical (unpaired) electrons. The van der Waals surface area contributed by atoms with Crippen LogP contribution < -0.4 is 0 Å². The molecule has 0 bridgehead atoms. The van der Waals surface area contributed by atoms with Crippen LogP contribution in [-0.4, -0.2) is 4.57 Å². The van der Waals surface area contributed by atoms with E-state index in [1.54, 1.807) is 0 Å². The lowest BCUT2D eigenvalue weighted by atomic mass is 9.86. The highest BCUT2D eigenvalue weighted by Gasteiger charge is 2.23. The maximum Gasteiger partial charge on any atom is 0.0547 e. The zero-order valence-electron chi connectivity index (χ0n) is 33.3. The Morgan fingerprint density at radius 3 is 0.934 bits per heavy atom. The first-order chi connectivity index (χ1) is 30.3. The molecule has 0 amide bonds. The molecule has 0 saturated carbocycles. The van der Waals surface area contributed by atoms with Gasteiger partial charge in [-0.25, -0.2) is 0 Å². The van der Waals surface area contributed by atoms with Crippen molar-refractivity contribution in [1.82, 2.24) is 4.57 Å². The molecule has 0 spiro atoms. The predicted molar refractivity (Wildman–Crippen MR) is 261 cm³/mol.